The molecule has 7 nitrogen and oxygen atoms in total. The molecule has 22 heavy (non-hydrogen) atoms. The summed E-state index contributed by atoms with van der Waals surface area (Å²) in [5.74, 6) is -0.846. The van der Waals surface area contributed by atoms with Crippen LogP contribution in [0.1, 0.15) is 12.5 Å². The standard InChI is InChI=1S/C13H16N2O5S2/c1-2-15(12-8-21(17,18)9-13(12)16)22(19,20)11-5-3-4-10(6-11)7-14/h3-6,12-13,16H,2,8-9H2,1H3/t12-,13-/m0/s1. The molecule has 0 unspecified atom stereocenters. The maximum absolute atomic E-state index is 12.7. The van der Waals surface area contributed by atoms with E-state index in [2.05, 4.69) is 0 Å². The van der Waals surface area contributed by atoms with Crippen molar-refractivity contribution in [3.8, 4) is 6.07 Å². The summed E-state index contributed by atoms with van der Waals surface area (Å²) in [6, 6.07) is 6.34. The number of sulfone groups is 1. The normalized spacial score (nSPS) is 24.3. The minimum Gasteiger partial charge on any atom is -0.390 e. The number of hydrogen-bond donors (Lipinski definition) is 1. The van der Waals surface area contributed by atoms with Crippen LogP contribution in [-0.2, 0) is 19.9 Å². The number of aliphatic hydroxyl groups excluding tert-OH is 1. The van der Waals surface area contributed by atoms with Gasteiger partial charge in [0.2, 0.25) is 10.0 Å². The Hall–Kier alpha value is -1.47. The van der Waals surface area contributed by atoms with E-state index in [0.29, 0.717) is 0 Å². The Kier molecular flexibility index (Phi) is 4.58. The highest BCUT2D eigenvalue weighted by atomic mass is 32.2. The molecule has 0 spiro atoms. The van der Waals surface area contributed by atoms with E-state index in [1.807, 2.05) is 6.07 Å². The van der Waals surface area contributed by atoms with E-state index in [0.717, 1.165) is 4.31 Å². The lowest BCUT2D eigenvalue weighted by Gasteiger charge is -2.28. The Balaban J connectivity index is 2.44. The van der Waals surface area contributed by atoms with Crippen molar-refractivity contribution in [2.24, 2.45) is 0 Å². The van der Waals surface area contributed by atoms with Crippen molar-refractivity contribution in [2.75, 3.05) is 18.1 Å². The molecule has 120 valence electrons. The maximum atomic E-state index is 12.7. The third-order valence-corrected chi connectivity index (χ3v) is 7.24. The summed E-state index contributed by atoms with van der Waals surface area (Å²) in [6.45, 7) is 1.60. The molecule has 0 bridgehead atoms. The summed E-state index contributed by atoms with van der Waals surface area (Å²) < 4.78 is 49.6. The van der Waals surface area contributed by atoms with Gasteiger partial charge >= 0.3 is 0 Å². The maximum Gasteiger partial charge on any atom is 0.243 e. The van der Waals surface area contributed by atoms with Crippen LogP contribution in [0.25, 0.3) is 0 Å². The number of benzene rings is 1. The quantitative estimate of drug-likeness (QED) is 0.803. The molecule has 1 fully saturated rings. The summed E-state index contributed by atoms with van der Waals surface area (Å²) in [6.07, 6.45) is -1.25. The van der Waals surface area contributed by atoms with Crippen LogP contribution in [0.2, 0.25) is 0 Å². The molecule has 1 saturated heterocycles. The molecule has 2 atom stereocenters. The SMILES string of the molecule is CCN([C@H]1CS(=O)(=O)C[C@@H]1O)S(=O)(=O)c1cccc(C#N)c1. The van der Waals surface area contributed by atoms with Crippen molar-refractivity contribution in [2.45, 2.75) is 24.0 Å². The first-order valence-electron chi connectivity index (χ1n) is 6.62. The Morgan fingerprint density at radius 3 is 2.59 bits per heavy atom. The van der Waals surface area contributed by atoms with Crippen LogP contribution in [-0.4, -0.2) is 56.4 Å². The molecular weight excluding hydrogens is 328 g/mol. The predicted octanol–water partition coefficient (Wildman–Crippen LogP) is -0.273. The van der Waals surface area contributed by atoms with Crippen LogP contribution in [0.5, 0.6) is 0 Å². The fraction of sp³-hybridized carbons (Fsp3) is 0.462. The monoisotopic (exact) mass is 344 g/mol. The minimum atomic E-state index is -3.99. The van der Waals surface area contributed by atoms with Crippen LogP contribution in [0.3, 0.4) is 0 Å². The number of aliphatic hydroxyl groups is 1. The Morgan fingerprint density at radius 1 is 1.41 bits per heavy atom. The van der Waals surface area contributed by atoms with Gasteiger partial charge < -0.3 is 5.11 Å². The number of rotatable bonds is 4. The second kappa shape index (κ2) is 5.96. The molecule has 2 rings (SSSR count). The molecule has 1 aromatic carbocycles. The van der Waals surface area contributed by atoms with Gasteiger partial charge in [0, 0.05) is 6.54 Å². The number of hydrogen-bond acceptors (Lipinski definition) is 6. The highest BCUT2D eigenvalue weighted by Gasteiger charge is 2.44. The van der Waals surface area contributed by atoms with Crippen LogP contribution in [0.4, 0.5) is 0 Å². The fourth-order valence-electron chi connectivity index (χ4n) is 2.53. The van der Waals surface area contributed by atoms with Crippen LogP contribution >= 0.6 is 0 Å². The number of nitrogens with zero attached hydrogens (tertiary/aromatic N) is 2. The predicted molar refractivity (Wildman–Crippen MR) is 79.2 cm³/mol. The highest BCUT2D eigenvalue weighted by molar-refractivity contribution is 7.92. The average molecular weight is 344 g/mol. The lowest BCUT2D eigenvalue weighted by molar-refractivity contribution is 0.130. The van der Waals surface area contributed by atoms with E-state index >= 15 is 0 Å². The molecule has 0 aromatic heterocycles. The molecule has 0 aliphatic carbocycles. The fourth-order valence-corrected chi connectivity index (χ4v) is 6.13. The minimum absolute atomic E-state index is 0.0242. The smallest absolute Gasteiger partial charge is 0.243 e. The molecule has 9 heteroatoms. The van der Waals surface area contributed by atoms with Crippen LogP contribution < -0.4 is 0 Å². The molecule has 0 radical (unpaired) electrons. The van der Waals surface area contributed by atoms with Crippen molar-refractivity contribution in [1.82, 2.24) is 4.31 Å². The average Bonchev–Trinajstić information content (AvgIpc) is 2.72. The lowest BCUT2D eigenvalue weighted by atomic mass is 10.2. The zero-order valence-electron chi connectivity index (χ0n) is 11.9. The summed E-state index contributed by atoms with van der Waals surface area (Å²) in [5.41, 5.74) is 0.191. The summed E-state index contributed by atoms with van der Waals surface area (Å²) in [7, 11) is -7.46. The van der Waals surface area contributed by atoms with Gasteiger partial charge in [-0.15, -0.1) is 0 Å². The van der Waals surface area contributed by atoms with Crippen LogP contribution in [0.15, 0.2) is 29.2 Å². The third kappa shape index (κ3) is 3.15. The largest absolute Gasteiger partial charge is 0.390 e. The molecule has 1 N–H and O–H groups in total. The molecule has 0 amide bonds. The zero-order valence-corrected chi connectivity index (χ0v) is 13.5. The van der Waals surface area contributed by atoms with Gasteiger partial charge in [-0.3, -0.25) is 0 Å². The molecule has 0 saturated carbocycles. The molecular formula is C13H16N2O5S2. The van der Waals surface area contributed by atoms with Gasteiger partial charge in [-0.25, -0.2) is 16.8 Å². The van der Waals surface area contributed by atoms with E-state index < -0.39 is 43.5 Å². The van der Waals surface area contributed by atoms with Crippen molar-refractivity contribution < 1.29 is 21.9 Å². The van der Waals surface area contributed by atoms with E-state index in [1.54, 1.807) is 6.92 Å². The Labute approximate surface area is 129 Å². The third-order valence-electron chi connectivity index (χ3n) is 3.54. The first-order chi connectivity index (χ1) is 10.2. The van der Waals surface area contributed by atoms with Gasteiger partial charge in [-0.2, -0.15) is 9.57 Å². The summed E-state index contributed by atoms with van der Waals surface area (Å²) in [5, 5.41) is 18.8. The number of sulfonamides is 1. The van der Waals surface area contributed by atoms with Gasteiger partial charge in [0.15, 0.2) is 9.84 Å². The first-order valence-corrected chi connectivity index (χ1v) is 9.88. The topological polar surface area (TPSA) is 116 Å². The highest BCUT2D eigenvalue weighted by Crippen LogP contribution is 2.25. The van der Waals surface area contributed by atoms with Crippen molar-refractivity contribution in [3.05, 3.63) is 29.8 Å². The Bertz CT molecular complexity index is 811. The molecule has 1 aromatic rings. The van der Waals surface area contributed by atoms with E-state index in [-0.39, 0.29) is 17.0 Å². The Morgan fingerprint density at radius 2 is 2.09 bits per heavy atom. The lowest BCUT2D eigenvalue weighted by Crippen LogP contribution is -2.46. The number of likely N-dealkylation sites (N-methyl/N-ethyl adjacent to an activating group) is 1. The van der Waals surface area contributed by atoms with Crippen molar-refractivity contribution >= 4 is 19.9 Å². The number of nitriles is 1. The van der Waals surface area contributed by atoms with E-state index in [4.69, 9.17) is 5.26 Å². The summed E-state index contributed by atoms with van der Waals surface area (Å²) >= 11 is 0. The van der Waals surface area contributed by atoms with Gasteiger partial charge in [0.05, 0.1) is 40.2 Å². The zero-order chi connectivity index (χ0) is 16.5. The van der Waals surface area contributed by atoms with Gasteiger partial charge in [0.1, 0.15) is 0 Å². The van der Waals surface area contributed by atoms with E-state index in [9.17, 15) is 21.9 Å². The second-order valence-electron chi connectivity index (χ2n) is 5.06. The molecule has 1 aliphatic rings. The first kappa shape index (κ1) is 16.9. The van der Waals surface area contributed by atoms with Gasteiger partial charge in [0.25, 0.3) is 0 Å². The van der Waals surface area contributed by atoms with Crippen molar-refractivity contribution in [1.29, 1.82) is 5.26 Å². The van der Waals surface area contributed by atoms with Crippen molar-refractivity contribution in [3.63, 3.8) is 0 Å². The van der Waals surface area contributed by atoms with E-state index in [1.165, 1.54) is 24.3 Å². The molecule has 1 heterocycles. The van der Waals surface area contributed by atoms with Gasteiger partial charge in [-0.05, 0) is 18.2 Å². The molecule has 1 aliphatic heterocycles. The summed E-state index contributed by atoms with van der Waals surface area (Å²) in [4.78, 5) is -0.0927. The second-order valence-corrected chi connectivity index (χ2v) is 9.10. The van der Waals surface area contributed by atoms with Gasteiger partial charge in [-0.1, -0.05) is 13.0 Å². The van der Waals surface area contributed by atoms with Crippen LogP contribution in [0, 0.1) is 11.3 Å².